The molecule has 13 heavy (non-hydrogen) atoms. The Labute approximate surface area is 76.6 Å². The van der Waals surface area contributed by atoms with Gasteiger partial charge in [-0.1, -0.05) is 0 Å². The molecule has 1 aliphatic heterocycles. The zero-order chi connectivity index (χ0) is 9.68. The monoisotopic (exact) mass is 186 g/mol. The summed E-state index contributed by atoms with van der Waals surface area (Å²) in [7, 11) is 0. The lowest BCUT2D eigenvalue weighted by Crippen LogP contribution is -2.48. The molecule has 0 saturated carbocycles. The lowest BCUT2D eigenvalue weighted by Gasteiger charge is -2.14. The molecule has 0 unspecified atom stereocenters. The molecule has 0 radical (unpaired) electrons. The van der Waals surface area contributed by atoms with Crippen LogP contribution in [0, 0.1) is 0 Å². The van der Waals surface area contributed by atoms with Crippen molar-refractivity contribution in [1.82, 2.24) is 21.1 Å². The van der Waals surface area contributed by atoms with Crippen molar-refractivity contribution in [3.8, 4) is 0 Å². The topological polar surface area (TPSA) is 73.5 Å². The van der Waals surface area contributed by atoms with Crippen molar-refractivity contribution in [3.63, 3.8) is 0 Å². The van der Waals surface area contributed by atoms with Gasteiger partial charge in [-0.25, -0.2) is 5.01 Å². The minimum Gasteiger partial charge on any atom is -0.348 e. The molecular weight excluding hydrogens is 172 g/mol. The number of amides is 2. The quantitative estimate of drug-likeness (QED) is 0.437. The van der Waals surface area contributed by atoms with Crippen LogP contribution in [0.15, 0.2) is 0 Å². The minimum absolute atomic E-state index is 0.463. The van der Waals surface area contributed by atoms with Gasteiger partial charge in [-0.05, 0) is 6.92 Å². The summed E-state index contributed by atoms with van der Waals surface area (Å²) in [6.45, 7) is 4.37. The minimum atomic E-state index is -0.606. The second kappa shape index (κ2) is 4.78. The molecule has 6 heteroatoms. The van der Waals surface area contributed by atoms with Crippen molar-refractivity contribution >= 4 is 11.8 Å². The van der Waals surface area contributed by atoms with Crippen LogP contribution in [0.25, 0.3) is 0 Å². The Hall–Kier alpha value is -1.14. The third-order valence-electron chi connectivity index (χ3n) is 1.66. The maximum absolute atomic E-state index is 11.1. The molecule has 1 fully saturated rings. The van der Waals surface area contributed by atoms with E-state index in [9.17, 15) is 9.59 Å². The Bertz CT molecular complexity index is 201. The zero-order valence-corrected chi connectivity index (χ0v) is 7.59. The van der Waals surface area contributed by atoms with Gasteiger partial charge in [0.2, 0.25) is 0 Å². The largest absolute Gasteiger partial charge is 0.348 e. The number of nitrogens with zero attached hydrogens (tertiary/aromatic N) is 1. The molecule has 2 amide bonds. The highest BCUT2D eigenvalue weighted by Gasteiger charge is 2.17. The lowest BCUT2D eigenvalue weighted by atomic mass is 10.5. The number of nitrogens with one attached hydrogen (secondary N) is 3. The SMILES string of the molecule is CCNC(=O)C(=O)NN1CCNC1. The fourth-order valence-electron chi connectivity index (χ4n) is 1.04. The highest BCUT2D eigenvalue weighted by molar-refractivity contribution is 6.34. The summed E-state index contributed by atoms with van der Waals surface area (Å²) in [5.41, 5.74) is 2.48. The van der Waals surface area contributed by atoms with Gasteiger partial charge in [-0.15, -0.1) is 0 Å². The standard InChI is InChI=1S/C7H14N4O2/c1-2-9-6(12)7(13)10-11-4-3-8-5-11/h8H,2-5H2,1H3,(H,9,12)(H,10,13). The molecule has 0 aromatic heterocycles. The third-order valence-corrected chi connectivity index (χ3v) is 1.66. The van der Waals surface area contributed by atoms with E-state index in [2.05, 4.69) is 16.1 Å². The normalized spacial score (nSPS) is 17.0. The van der Waals surface area contributed by atoms with Crippen LogP contribution >= 0.6 is 0 Å². The molecule has 6 nitrogen and oxygen atoms in total. The lowest BCUT2D eigenvalue weighted by molar-refractivity contribution is -0.141. The van der Waals surface area contributed by atoms with Crippen molar-refractivity contribution in [2.75, 3.05) is 26.3 Å². The van der Waals surface area contributed by atoms with Gasteiger partial charge in [0.05, 0.1) is 6.67 Å². The predicted octanol–water partition coefficient (Wildman–Crippen LogP) is -1.98. The van der Waals surface area contributed by atoms with E-state index in [0.717, 1.165) is 13.1 Å². The van der Waals surface area contributed by atoms with Crippen LogP contribution in [0.2, 0.25) is 0 Å². The molecule has 3 N–H and O–H groups in total. The van der Waals surface area contributed by atoms with Crippen LogP contribution in [-0.4, -0.2) is 43.1 Å². The first-order valence-corrected chi connectivity index (χ1v) is 4.28. The van der Waals surface area contributed by atoms with Crippen molar-refractivity contribution < 1.29 is 9.59 Å². The Morgan fingerprint density at radius 3 is 2.77 bits per heavy atom. The number of carbonyl (C=O) groups is 2. The third kappa shape index (κ3) is 3.00. The van der Waals surface area contributed by atoms with E-state index in [1.807, 2.05) is 0 Å². The molecule has 1 saturated heterocycles. The molecule has 0 spiro atoms. The Kier molecular flexibility index (Phi) is 3.66. The van der Waals surface area contributed by atoms with Crippen LogP contribution < -0.4 is 16.1 Å². The molecular formula is C7H14N4O2. The highest BCUT2D eigenvalue weighted by Crippen LogP contribution is 1.86. The van der Waals surface area contributed by atoms with Crippen molar-refractivity contribution in [1.29, 1.82) is 0 Å². The summed E-state index contributed by atoms with van der Waals surface area (Å²) >= 11 is 0. The average molecular weight is 186 g/mol. The smallest absolute Gasteiger partial charge is 0.323 e. The summed E-state index contributed by atoms with van der Waals surface area (Å²) in [6.07, 6.45) is 0. The van der Waals surface area contributed by atoms with Gasteiger partial charge in [0, 0.05) is 19.6 Å². The van der Waals surface area contributed by atoms with Gasteiger partial charge in [-0.3, -0.25) is 15.0 Å². The van der Waals surface area contributed by atoms with Crippen molar-refractivity contribution in [3.05, 3.63) is 0 Å². The van der Waals surface area contributed by atoms with Gasteiger partial charge in [0.15, 0.2) is 0 Å². The Morgan fingerprint density at radius 1 is 1.46 bits per heavy atom. The highest BCUT2D eigenvalue weighted by atomic mass is 16.2. The fraction of sp³-hybridized carbons (Fsp3) is 0.714. The molecule has 0 aromatic rings. The Balaban J connectivity index is 2.27. The van der Waals surface area contributed by atoms with Crippen LogP contribution in [0.1, 0.15) is 6.92 Å². The number of hydrogen-bond donors (Lipinski definition) is 3. The second-order valence-electron chi connectivity index (χ2n) is 2.72. The van der Waals surface area contributed by atoms with E-state index >= 15 is 0 Å². The predicted molar refractivity (Wildman–Crippen MR) is 46.4 cm³/mol. The van der Waals surface area contributed by atoms with Gasteiger partial charge < -0.3 is 10.6 Å². The fourth-order valence-corrected chi connectivity index (χ4v) is 1.04. The summed E-state index contributed by atoms with van der Waals surface area (Å²) in [4.78, 5) is 22.1. The van der Waals surface area contributed by atoms with E-state index < -0.39 is 11.8 Å². The summed E-state index contributed by atoms with van der Waals surface area (Å²) in [5.74, 6) is -1.19. The summed E-state index contributed by atoms with van der Waals surface area (Å²) in [5, 5.41) is 7.11. The zero-order valence-electron chi connectivity index (χ0n) is 7.59. The van der Waals surface area contributed by atoms with E-state index in [4.69, 9.17) is 0 Å². The van der Waals surface area contributed by atoms with Crippen LogP contribution in [0.5, 0.6) is 0 Å². The first-order valence-electron chi connectivity index (χ1n) is 4.28. The van der Waals surface area contributed by atoms with Crippen LogP contribution in [-0.2, 0) is 9.59 Å². The van der Waals surface area contributed by atoms with E-state index in [-0.39, 0.29) is 0 Å². The first-order chi connectivity index (χ1) is 6.24. The van der Waals surface area contributed by atoms with Crippen LogP contribution in [0.3, 0.4) is 0 Å². The molecule has 0 bridgehead atoms. The molecule has 1 heterocycles. The molecule has 0 aromatic carbocycles. The number of hydrogen-bond acceptors (Lipinski definition) is 4. The Morgan fingerprint density at radius 2 is 2.23 bits per heavy atom. The molecule has 1 rings (SSSR count). The summed E-state index contributed by atoms with van der Waals surface area (Å²) in [6, 6.07) is 0. The molecule has 74 valence electrons. The van der Waals surface area contributed by atoms with Gasteiger partial charge in [0.1, 0.15) is 0 Å². The number of carbonyl (C=O) groups excluding carboxylic acids is 2. The number of hydrazine groups is 1. The maximum atomic E-state index is 11.1. The van der Waals surface area contributed by atoms with E-state index in [0.29, 0.717) is 13.2 Å². The van der Waals surface area contributed by atoms with Gasteiger partial charge in [0.25, 0.3) is 0 Å². The van der Waals surface area contributed by atoms with Gasteiger partial charge >= 0.3 is 11.8 Å². The number of rotatable bonds is 2. The summed E-state index contributed by atoms with van der Waals surface area (Å²) < 4.78 is 0. The molecule has 1 aliphatic rings. The average Bonchev–Trinajstić information content (AvgIpc) is 2.57. The van der Waals surface area contributed by atoms with Crippen LogP contribution in [0.4, 0.5) is 0 Å². The maximum Gasteiger partial charge on any atom is 0.323 e. The first kappa shape index (κ1) is 9.94. The van der Waals surface area contributed by atoms with E-state index in [1.54, 1.807) is 11.9 Å². The second-order valence-corrected chi connectivity index (χ2v) is 2.72. The van der Waals surface area contributed by atoms with E-state index in [1.165, 1.54) is 0 Å². The molecule has 0 atom stereocenters. The number of likely N-dealkylation sites (N-methyl/N-ethyl adjacent to an activating group) is 1. The van der Waals surface area contributed by atoms with Crippen molar-refractivity contribution in [2.45, 2.75) is 6.92 Å². The molecule has 0 aliphatic carbocycles. The van der Waals surface area contributed by atoms with Crippen molar-refractivity contribution in [2.24, 2.45) is 0 Å². The van der Waals surface area contributed by atoms with Gasteiger partial charge in [-0.2, -0.15) is 0 Å².